The van der Waals surface area contributed by atoms with Gasteiger partial charge in [0.05, 0.1) is 33.7 Å². The smallest absolute Gasteiger partial charge is 0.319 e. The first-order valence-electron chi connectivity index (χ1n) is 9.75. The van der Waals surface area contributed by atoms with E-state index in [-0.39, 0.29) is 5.78 Å². The van der Waals surface area contributed by atoms with Crippen LogP contribution in [0.3, 0.4) is 0 Å². The van der Waals surface area contributed by atoms with Crippen LogP contribution in [-0.2, 0) is 0 Å². The summed E-state index contributed by atoms with van der Waals surface area (Å²) in [6.45, 7) is 0. The van der Waals surface area contributed by atoms with Crippen LogP contribution in [0.4, 0.5) is 4.79 Å². The van der Waals surface area contributed by atoms with E-state index in [1.54, 1.807) is 36.8 Å². The van der Waals surface area contributed by atoms with Gasteiger partial charge in [-0.2, -0.15) is 0 Å². The molecule has 9 nitrogen and oxygen atoms in total. The van der Waals surface area contributed by atoms with Gasteiger partial charge in [-0.05, 0) is 30.3 Å². The zero-order valence-corrected chi connectivity index (χ0v) is 17.8. The largest absolute Gasteiger partial charge is 0.496 e. The minimum Gasteiger partial charge on any atom is -0.496 e. The topological polar surface area (TPSA) is 104 Å². The van der Waals surface area contributed by atoms with Crippen LogP contribution >= 0.6 is 0 Å². The molecule has 0 radical (unpaired) electrons. The number of carbonyl (C=O) groups excluding carboxylic acids is 2. The molecule has 0 saturated carbocycles. The Morgan fingerprint density at radius 3 is 2.31 bits per heavy atom. The number of Topliss-reactive ketones (excluding diaryl/α,β-unsaturated/α-hetero) is 1. The molecule has 1 unspecified atom stereocenters. The minimum absolute atomic E-state index is 0.239. The molecule has 1 aliphatic heterocycles. The predicted octanol–water partition coefficient (Wildman–Crippen LogP) is 3.02. The Morgan fingerprint density at radius 2 is 1.69 bits per heavy atom. The number of nitrogens with zero attached hydrogens (tertiary/aromatic N) is 2. The summed E-state index contributed by atoms with van der Waals surface area (Å²) in [5.41, 5.74) is 2.27. The number of rotatable bonds is 7. The molecular formula is C23H22N4O5. The lowest BCUT2D eigenvalue weighted by Gasteiger charge is -2.27. The van der Waals surface area contributed by atoms with Crippen LogP contribution in [0.15, 0.2) is 66.9 Å². The maximum Gasteiger partial charge on any atom is 0.319 e. The van der Waals surface area contributed by atoms with Crippen molar-refractivity contribution in [3.05, 3.63) is 78.0 Å². The number of urea groups is 1. The van der Waals surface area contributed by atoms with Crippen molar-refractivity contribution in [2.45, 2.75) is 6.04 Å². The third-order valence-corrected chi connectivity index (χ3v) is 5.19. The summed E-state index contributed by atoms with van der Waals surface area (Å²) in [5, 5.41) is 5.37. The number of amides is 2. The number of imidazole rings is 1. The van der Waals surface area contributed by atoms with E-state index in [0.29, 0.717) is 33.9 Å². The van der Waals surface area contributed by atoms with E-state index in [2.05, 4.69) is 15.6 Å². The molecule has 2 amide bonds. The van der Waals surface area contributed by atoms with Crippen molar-refractivity contribution in [2.75, 3.05) is 21.3 Å². The molecule has 2 heterocycles. The molecule has 0 bridgehead atoms. The van der Waals surface area contributed by atoms with E-state index in [0.717, 1.165) is 5.69 Å². The van der Waals surface area contributed by atoms with Gasteiger partial charge in [0.15, 0.2) is 17.3 Å². The normalized spacial score (nSPS) is 15.3. The average Bonchev–Trinajstić information content (AvgIpc) is 3.38. The fourth-order valence-electron chi connectivity index (χ4n) is 3.56. The van der Waals surface area contributed by atoms with Crippen LogP contribution < -0.4 is 24.8 Å². The van der Waals surface area contributed by atoms with Gasteiger partial charge in [0, 0.05) is 47.0 Å². The monoisotopic (exact) mass is 434 g/mol. The van der Waals surface area contributed by atoms with E-state index >= 15 is 0 Å². The number of aromatic nitrogens is 2. The Bertz CT molecular complexity index is 1170. The van der Waals surface area contributed by atoms with E-state index in [4.69, 9.17) is 14.2 Å². The third-order valence-electron chi connectivity index (χ3n) is 5.19. The van der Waals surface area contributed by atoms with Crippen molar-refractivity contribution >= 4 is 11.8 Å². The fourth-order valence-corrected chi connectivity index (χ4v) is 3.56. The maximum atomic E-state index is 13.4. The average molecular weight is 434 g/mol. The van der Waals surface area contributed by atoms with Crippen LogP contribution in [0.5, 0.6) is 17.2 Å². The molecule has 2 aromatic carbocycles. The molecule has 4 rings (SSSR count). The van der Waals surface area contributed by atoms with Crippen molar-refractivity contribution in [2.24, 2.45) is 0 Å². The Labute approximate surface area is 184 Å². The van der Waals surface area contributed by atoms with Gasteiger partial charge < -0.3 is 29.4 Å². The van der Waals surface area contributed by atoms with Gasteiger partial charge in [-0.3, -0.25) is 4.79 Å². The lowest BCUT2D eigenvalue weighted by atomic mass is 9.91. The Balaban J connectivity index is 1.72. The van der Waals surface area contributed by atoms with E-state index < -0.39 is 12.1 Å². The SMILES string of the molecule is COc1cc(OC)c(C2NC(=O)NC=C2C(=O)c2ccc(-n3ccnc3)cc2)cc1OC. The molecule has 0 aliphatic carbocycles. The first-order chi connectivity index (χ1) is 15.5. The van der Waals surface area contributed by atoms with Gasteiger partial charge in [-0.25, -0.2) is 9.78 Å². The summed E-state index contributed by atoms with van der Waals surface area (Å²) >= 11 is 0. The van der Waals surface area contributed by atoms with Gasteiger partial charge in [-0.15, -0.1) is 0 Å². The molecule has 2 N–H and O–H groups in total. The molecule has 0 saturated heterocycles. The molecule has 1 aromatic heterocycles. The van der Waals surface area contributed by atoms with E-state index in [9.17, 15) is 9.59 Å². The highest BCUT2D eigenvalue weighted by Gasteiger charge is 2.32. The zero-order chi connectivity index (χ0) is 22.7. The number of benzene rings is 2. The second kappa shape index (κ2) is 8.84. The van der Waals surface area contributed by atoms with Crippen molar-refractivity contribution in [1.82, 2.24) is 20.2 Å². The zero-order valence-electron chi connectivity index (χ0n) is 17.8. The van der Waals surface area contributed by atoms with Crippen molar-refractivity contribution in [3.8, 4) is 22.9 Å². The maximum absolute atomic E-state index is 13.4. The number of carbonyl (C=O) groups is 2. The quantitative estimate of drug-likeness (QED) is 0.554. The first-order valence-corrected chi connectivity index (χ1v) is 9.75. The lowest BCUT2D eigenvalue weighted by Crippen LogP contribution is -2.42. The second-order valence-corrected chi connectivity index (χ2v) is 6.95. The molecular weight excluding hydrogens is 412 g/mol. The molecule has 164 valence electrons. The first kappa shape index (κ1) is 21.0. The molecule has 0 spiro atoms. The molecule has 32 heavy (non-hydrogen) atoms. The van der Waals surface area contributed by atoms with Crippen LogP contribution in [0.1, 0.15) is 22.0 Å². The highest BCUT2D eigenvalue weighted by atomic mass is 16.5. The second-order valence-electron chi connectivity index (χ2n) is 6.95. The highest BCUT2D eigenvalue weighted by molar-refractivity contribution is 6.10. The summed E-state index contributed by atoms with van der Waals surface area (Å²) in [5.74, 6) is 1.13. The molecule has 1 aliphatic rings. The molecule has 3 aromatic rings. The Hall–Kier alpha value is -4.27. The van der Waals surface area contributed by atoms with Crippen LogP contribution in [0, 0.1) is 0 Å². The van der Waals surface area contributed by atoms with Crippen LogP contribution in [0.2, 0.25) is 0 Å². The lowest BCUT2D eigenvalue weighted by molar-refractivity contribution is 0.102. The summed E-state index contributed by atoms with van der Waals surface area (Å²) in [6, 6.07) is 9.29. The van der Waals surface area contributed by atoms with Gasteiger partial charge >= 0.3 is 6.03 Å². The highest BCUT2D eigenvalue weighted by Crippen LogP contribution is 2.40. The summed E-state index contributed by atoms with van der Waals surface area (Å²) in [7, 11) is 4.54. The number of ketones is 1. The van der Waals surface area contributed by atoms with Crippen molar-refractivity contribution < 1.29 is 23.8 Å². The molecule has 1 atom stereocenters. The van der Waals surface area contributed by atoms with Gasteiger partial charge in [0.25, 0.3) is 0 Å². The standard InChI is InChI=1S/C23H22N4O5/c1-30-18-11-20(32-3)19(31-2)10-16(18)21-17(12-25-23(29)26-21)22(28)14-4-6-15(7-5-14)27-9-8-24-13-27/h4-13,21H,1-3H3,(H2,25,26,29). The summed E-state index contributed by atoms with van der Waals surface area (Å²) in [4.78, 5) is 29.5. The van der Waals surface area contributed by atoms with Crippen LogP contribution in [-0.4, -0.2) is 42.7 Å². The number of methoxy groups -OCH3 is 3. The fraction of sp³-hybridized carbons (Fsp3) is 0.174. The van der Waals surface area contributed by atoms with E-state index in [1.165, 1.54) is 27.5 Å². The van der Waals surface area contributed by atoms with E-state index in [1.807, 2.05) is 22.9 Å². The van der Waals surface area contributed by atoms with Crippen LogP contribution in [0.25, 0.3) is 5.69 Å². The Morgan fingerprint density at radius 1 is 1.00 bits per heavy atom. The number of nitrogens with one attached hydrogen (secondary N) is 2. The molecule has 9 heteroatoms. The number of hydrogen-bond acceptors (Lipinski definition) is 6. The van der Waals surface area contributed by atoms with Gasteiger partial charge in [-0.1, -0.05) is 0 Å². The Kier molecular flexibility index (Phi) is 5.80. The van der Waals surface area contributed by atoms with Crippen molar-refractivity contribution in [3.63, 3.8) is 0 Å². The van der Waals surface area contributed by atoms with Gasteiger partial charge in [0.1, 0.15) is 5.75 Å². The molecule has 0 fully saturated rings. The summed E-state index contributed by atoms with van der Waals surface area (Å²) in [6.07, 6.45) is 6.60. The third kappa shape index (κ3) is 3.87. The summed E-state index contributed by atoms with van der Waals surface area (Å²) < 4.78 is 18.1. The number of hydrogen-bond donors (Lipinski definition) is 2. The van der Waals surface area contributed by atoms with Crippen molar-refractivity contribution in [1.29, 1.82) is 0 Å². The predicted molar refractivity (Wildman–Crippen MR) is 116 cm³/mol. The van der Waals surface area contributed by atoms with Gasteiger partial charge in [0.2, 0.25) is 0 Å². The number of ether oxygens (including phenoxy) is 3. The minimum atomic E-state index is -0.751.